The molecule has 0 saturated heterocycles. The van der Waals surface area contributed by atoms with Crippen LogP contribution in [0.3, 0.4) is 0 Å². The molecule has 0 aliphatic carbocycles. The number of hydrogen-bond acceptors (Lipinski definition) is 4. The molecule has 1 aromatic heterocycles. The monoisotopic (exact) mass is 261 g/mol. The Morgan fingerprint density at radius 1 is 1.33 bits per heavy atom. The van der Waals surface area contributed by atoms with E-state index < -0.39 is 5.91 Å². The minimum atomic E-state index is -0.472. The Bertz CT molecular complexity index is 537. The van der Waals surface area contributed by atoms with Crippen molar-refractivity contribution in [1.29, 1.82) is 0 Å². The van der Waals surface area contributed by atoms with E-state index in [1.165, 1.54) is 5.56 Å². The number of nitrogens with one attached hydrogen (secondary N) is 1. The van der Waals surface area contributed by atoms with Crippen LogP contribution in [0.1, 0.15) is 15.9 Å². The second-order valence-electron chi connectivity index (χ2n) is 3.94. The highest BCUT2D eigenvalue weighted by Gasteiger charge is 2.10. The van der Waals surface area contributed by atoms with Gasteiger partial charge in [0.05, 0.1) is 16.9 Å². The largest absolute Gasteiger partial charge is 0.397 e. The maximum atomic E-state index is 11.3. The summed E-state index contributed by atoms with van der Waals surface area (Å²) in [5.74, 6) is -0.472. The lowest BCUT2D eigenvalue weighted by Gasteiger charge is -2.12. The number of benzene rings is 1. The molecule has 94 valence electrons. The molecule has 4 nitrogen and oxygen atoms in total. The van der Waals surface area contributed by atoms with Crippen LogP contribution in [-0.4, -0.2) is 12.5 Å². The number of amides is 1. The molecule has 1 amide bonds. The fourth-order valence-corrected chi connectivity index (χ4v) is 2.44. The van der Waals surface area contributed by atoms with Gasteiger partial charge in [0, 0.05) is 6.54 Å². The first-order valence-electron chi connectivity index (χ1n) is 5.61. The van der Waals surface area contributed by atoms with E-state index in [-0.39, 0.29) is 0 Å². The maximum Gasteiger partial charge on any atom is 0.250 e. The SMILES string of the molecule is NC(=O)c1cccc(N)c1NCCc1ccsc1. The molecule has 0 radical (unpaired) electrons. The van der Waals surface area contributed by atoms with Crippen molar-refractivity contribution in [3.63, 3.8) is 0 Å². The molecule has 1 heterocycles. The van der Waals surface area contributed by atoms with E-state index in [9.17, 15) is 4.79 Å². The van der Waals surface area contributed by atoms with E-state index in [4.69, 9.17) is 11.5 Å². The molecule has 2 aromatic rings. The number of primary amides is 1. The molecular formula is C13H15N3OS. The van der Waals surface area contributed by atoms with Crippen LogP contribution in [0.2, 0.25) is 0 Å². The van der Waals surface area contributed by atoms with Crippen molar-refractivity contribution >= 4 is 28.6 Å². The van der Waals surface area contributed by atoms with E-state index >= 15 is 0 Å². The molecule has 0 spiro atoms. The number of nitrogens with two attached hydrogens (primary N) is 2. The van der Waals surface area contributed by atoms with E-state index in [1.807, 2.05) is 5.38 Å². The second-order valence-corrected chi connectivity index (χ2v) is 4.72. The molecular weight excluding hydrogens is 246 g/mol. The summed E-state index contributed by atoms with van der Waals surface area (Å²) in [6.07, 6.45) is 0.885. The van der Waals surface area contributed by atoms with E-state index in [0.29, 0.717) is 23.5 Å². The molecule has 2 rings (SSSR count). The van der Waals surface area contributed by atoms with Crippen molar-refractivity contribution in [2.24, 2.45) is 5.73 Å². The molecule has 0 aliphatic heterocycles. The quantitative estimate of drug-likeness (QED) is 0.721. The van der Waals surface area contributed by atoms with Gasteiger partial charge in [-0.1, -0.05) is 6.07 Å². The lowest BCUT2D eigenvalue weighted by Crippen LogP contribution is -2.16. The van der Waals surface area contributed by atoms with Crippen LogP contribution in [0.4, 0.5) is 11.4 Å². The number of carbonyl (C=O) groups is 1. The smallest absolute Gasteiger partial charge is 0.250 e. The molecule has 0 atom stereocenters. The van der Waals surface area contributed by atoms with Gasteiger partial charge in [-0.2, -0.15) is 11.3 Å². The topological polar surface area (TPSA) is 81.1 Å². The van der Waals surface area contributed by atoms with Crippen molar-refractivity contribution in [2.45, 2.75) is 6.42 Å². The molecule has 5 N–H and O–H groups in total. The van der Waals surface area contributed by atoms with E-state index in [2.05, 4.69) is 16.8 Å². The van der Waals surface area contributed by atoms with Crippen LogP contribution >= 0.6 is 11.3 Å². The van der Waals surface area contributed by atoms with Gasteiger partial charge < -0.3 is 16.8 Å². The second kappa shape index (κ2) is 5.55. The molecule has 0 bridgehead atoms. The van der Waals surface area contributed by atoms with Crippen molar-refractivity contribution in [1.82, 2.24) is 0 Å². The van der Waals surface area contributed by atoms with Gasteiger partial charge in [0.1, 0.15) is 0 Å². The Hall–Kier alpha value is -2.01. The Balaban J connectivity index is 2.06. The molecule has 0 fully saturated rings. The summed E-state index contributed by atoms with van der Waals surface area (Å²) in [4.78, 5) is 11.3. The molecule has 0 unspecified atom stereocenters. The summed E-state index contributed by atoms with van der Waals surface area (Å²) in [7, 11) is 0. The maximum absolute atomic E-state index is 11.3. The van der Waals surface area contributed by atoms with Gasteiger partial charge in [-0.3, -0.25) is 4.79 Å². The third-order valence-corrected chi connectivity index (χ3v) is 3.39. The third-order valence-electron chi connectivity index (χ3n) is 2.66. The first-order valence-corrected chi connectivity index (χ1v) is 6.56. The number of hydrogen-bond donors (Lipinski definition) is 3. The standard InChI is InChI=1S/C13H15N3OS/c14-11-3-1-2-10(13(15)17)12(11)16-6-4-9-5-7-18-8-9/h1-3,5,7-8,16H,4,6,14H2,(H2,15,17). The number of anilines is 2. The Morgan fingerprint density at radius 3 is 2.83 bits per heavy atom. The Kier molecular flexibility index (Phi) is 3.84. The summed E-state index contributed by atoms with van der Waals surface area (Å²) in [6.45, 7) is 0.714. The van der Waals surface area contributed by atoms with Gasteiger partial charge in [0.15, 0.2) is 0 Å². The van der Waals surface area contributed by atoms with Gasteiger partial charge in [-0.15, -0.1) is 0 Å². The lowest BCUT2D eigenvalue weighted by molar-refractivity contribution is 0.100. The van der Waals surface area contributed by atoms with Crippen LogP contribution in [-0.2, 0) is 6.42 Å². The fourth-order valence-electron chi connectivity index (χ4n) is 1.74. The zero-order valence-electron chi connectivity index (χ0n) is 9.85. The minimum absolute atomic E-state index is 0.431. The molecule has 0 aliphatic rings. The zero-order valence-corrected chi connectivity index (χ0v) is 10.7. The van der Waals surface area contributed by atoms with Crippen molar-refractivity contribution < 1.29 is 4.79 Å². The van der Waals surface area contributed by atoms with Crippen LogP contribution < -0.4 is 16.8 Å². The van der Waals surface area contributed by atoms with Crippen LogP contribution in [0.5, 0.6) is 0 Å². The highest BCUT2D eigenvalue weighted by molar-refractivity contribution is 7.07. The van der Waals surface area contributed by atoms with E-state index in [0.717, 1.165) is 6.42 Å². The average molecular weight is 261 g/mol. The van der Waals surface area contributed by atoms with Gasteiger partial charge in [-0.25, -0.2) is 0 Å². The molecule has 0 saturated carbocycles. The number of para-hydroxylation sites is 1. The predicted octanol–water partition coefficient (Wildman–Crippen LogP) is 2.08. The third kappa shape index (κ3) is 2.81. The number of rotatable bonds is 5. The summed E-state index contributed by atoms with van der Waals surface area (Å²) in [5.41, 5.74) is 14.0. The molecule has 1 aromatic carbocycles. The van der Waals surface area contributed by atoms with Gasteiger partial charge in [0.2, 0.25) is 0 Å². The number of thiophene rings is 1. The van der Waals surface area contributed by atoms with Crippen LogP contribution in [0, 0.1) is 0 Å². The fraction of sp³-hybridized carbons (Fsp3) is 0.154. The average Bonchev–Trinajstić information content (AvgIpc) is 2.84. The molecule has 5 heteroatoms. The summed E-state index contributed by atoms with van der Waals surface area (Å²) in [6, 6.07) is 7.22. The normalized spacial score (nSPS) is 10.2. The number of carbonyl (C=O) groups excluding carboxylic acids is 1. The summed E-state index contributed by atoms with van der Waals surface area (Å²) in [5, 5.41) is 7.32. The summed E-state index contributed by atoms with van der Waals surface area (Å²) < 4.78 is 0. The van der Waals surface area contributed by atoms with Crippen LogP contribution in [0.15, 0.2) is 35.0 Å². The van der Waals surface area contributed by atoms with E-state index in [1.54, 1.807) is 29.5 Å². The summed E-state index contributed by atoms with van der Waals surface area (Å²) >= 11 is 1.67. The van der Waals surface area contributed by atoms with Crippen molar-refractivity contribution in [2.75, 3.05) is 17.6 Å². The highest BCUT2D eigenvalue weighted by atomic mass is 32.1. The van der Waals surface area contributed by atoms with Gasteiger partial charge in [-0.05, 0) is 40.9 Å². The molecule has 18 heavy (non-hydrogen) atoms. The Labute approximate surface area is 110 Å². The Morgan fingerprint density at radius 2 is 2.17 bits per heavy atom. The number of nitrogen functional groups attached to an aromatic ring is 1. The van der Waals surface area contributed by atoms with Crippen molar-refractivity contribution in [3.05, 3.63) is 46.2 Å². The first-order chi connectivity index (χ1) is 8.68. The van der Waals surface area contributed by atoms with Crippen LogP contribution in [0.25, 0.3) is 0 Å². The van der Waals surface area contributed by atoms with Crippen molar-refractivity contribution in [3.8, 4) is 0 Å². The highest BCUT2D eigenvalue weighted by Crippen LogP contribution is 2.23. The first kappa shape index (κ1) is 12.4. The lowest BCUT2D eigenvalue weighted by atomic mass is 10.1. The van der Waals surface area contributed by atoms with Gasteiger partial charge >= 0.3 is 0 Å². The zero-order chi connectivity index (χ0) is 13.0. The minimum Gasteiger partial charge on any atom is -0.397 e. The van der Waals surface area contributed by atoms with Gasteiger partial charge in [0.25, 0.3) is 5.91 Å². The predicted molar refractivity (Wildman–Crippen MR) is 75.9 cm³/mol.